The van der Waals surface area contributed by atoms with Crippen LogP contribution < -0.4 is 5.32 Å². The monoisotopic (exact) mass is 311 g/mol. The standard InChI is InChI=1S/C11H15Cl2NOS2/c1-7(9-6-10(12)16-11(9)13)14-8-2-4-17(15)5-3-8/h6-8,14H,2-5H2,1H3. The van der Waals surface area contributed by atoms with Gasteiger partial charge in [-0.15, -0.1) is 11.3 Å². The Morgan fingerprint density at radius 3 is 2.65 bits per heavy atom. The van der Waals surface area contributed by atoms with Crippen molar-refractivity contribution in [1.82, 2.24) is 5.32 Å². The summed E-state index contributed by atoms with van der Waals surface area (Å²) < 4.78 is 12.8. The molecular weight excluding hydrogens is 297 g/mol. The van der Waals surface area contributed by atoms with Gasteiger partial charge in [-0.2, -0.15) is 0 Å². The Balaban J connectivity index is 1.95. The molecule has 0 aliphatic carbocycles. The molecule has 1 aliphatic heterocycles. The van der Waals surface area contributed by atoms with Crippen molar-refractivity contribution in [3.63, 3.8) is 0 Å². The van der Waals surface area contributed by atoms with Crippen molar-refractivity contribution in [3.8, 4) is 0 Å². The number of hydrogen-bond acceptors (Lipinski definition) is 3. The number of rotatable bonds is 3. The highest BCUT2D eigenvalue weighted by atomic mass is 35.5. The zero-order chi connectivity index (χ0) is 12.4. The lowest BCUT2D eigenvalue weighted by Crippen LogP contribution is -2.37. The van der Waals surface area contributed by atoms with Gasteiger partial charge < -0.3 is 5.32 Å². The van der Waals surface area contributed by atoms with Crippen molar-refractivity contribution < 1.29 is 4.21 Å². The molecule has 0 amide bonds. The molecule has 0 bridgehead atoms. The Hall–Kier alpha value is 0.390. The van der Waals surface area contributed by atoms with E-state index in [1.165, 1.54) is 11.3 Å². The highest BCUT2D eigenvalue weighted by Crippen LogP contribution is 2.35. The third-order valence-electron chi connectivity index (χ3n) is 3.02. The van der Waals surface area contributed by atoms with Crippen LogP contribution in [-0.2, 0) is 10.8 Å². The Kier molecular flexibility index (Phi) is 4.89. The fourth-order valence-corrected chi connectivity index (χ4v) is 5.00. The zero-order valence-corrected chi connectivity index (χ0v) is 12.7. The van der Waals surface area contributed by atoms with Gasteiger partial charge in [0.2, 0.25) is 0 Å². The molecule has 0 spiro atoms. The molecule has 1 fully saturated rings. The second-order valence-electron chi connectivity index (χ2n) is 4.29. The molecule has 2 heterocycles. The maximum absolute atomic E-state index is 11.3. The van der Waals surface area contributed by atoms with E-state index in [0.29, 0.717) is 6.04 Å². The Morgan fingerprint density at radius 2 is 2.12 bits per heavy atom. The van der Waals surface area contributed by atoms with Crippen LogP contribution in [0, 0.1) is 0 Å². The Morgan fingerprint density at radius 1 is 1.47 bits per heavy atom. The molecule has 0 radical (unpaired) electrons. The number of halogens is 2. The van der Waals surface area contributed by atoms with Crippen LogP contribution in [0.4, 0.5) is 0 Å². The summed E-state index contributed by atoms with van der Waals surface area (Å²) in [5.74, 6) is 1.62. The van der Waals surface area contributed by atoms with Crippen LogP contribution in [0.1, 0.15) is 31.4 Å². The molecular formula is C11H15Cl2NOS2. The first kappa shape index (κ1) is 13.8. The first-order valence-electron chi connectivity index (χ1n) is 5.62. The van der Waals surface area contributed by atoms with Gasteiger partial charge in [0.1, 0.15) is 0 Å². The van der Waals surface area contributed by atoms with Gasteiger partial charge in [0.25, 0.3) is 0 Å². The van der Waals surface area contributed by atoms with Crippen molar-refractivity contribution in [2.45, 2.75) is 31.8 Å². The lowest BCUT2D eigenvalue weighted by atomic mass is 10.1. The van der Waals surface area contributed by atoms with Crippen LogP contribution in [0.15, 0.2) is 6.07 Å². The molecule has 6 heteroatoms. The summed E-state index contributed by atoms with van der Waals surface area (Å²) in [4.78, 5) is 0. The lowest BCUT2D eigenvalue weighted by molar-refractivity contribution is 0.427. The minimum Gasteiger partial charge on any atom is -0.307 e. The van der Waals surface area contributed by atoms with Crippen LogP contribution in [-0.4, -0.2) is 21.8 Å². The molecule has 0 aromatic carbocycles. The molecule has 17 heavy (non-hydrogen) atoms. The van der Waals surface area contributed by atoms with E-state index in [9.17, 15) is 4.21 Å². The summed E-state index contributed by atoms with van der Waals surface area (Å²) in [6, 6.07) is 2.56. The van der Waals surface area contributed by atoms with Gasteiger partial charge in [0, 0.05) is 34.4 Å². The van der Waals surface area contributed by atoms with Gasteiger partial charge >= 0.3 is 0 Å². The maximum Gasteiger partial charge on any atom is 0.0991 e. The summed E-state index contributed by atoms with van der Waals surface area (Å²) in [5.41, 5.74) is 1.06. The molecule has 2 nitrogen and oxygen atoms in total. The normalized spacial score (nSPS) is 27.0. The molecule has 96 valence electrons. The molecule has 1 aliphatic rings. The first-order valence-corrected chi connectivity index (χ1v) is 8.68. The van der Waals surface area contributed by atoms with Crippen LogP contribution in [0.2, 0.25) is 8.67 Å². The molecule has 2 rings (SSSR count). The summed E-state index contributed by atoms with van der Waals surface area (Å²) >= 11 is 13.5. The highest BCUT2D eigenvalue weighted by Gasteiger charge is 2.21. The molecule has 1 unspecified atom stereocenters. The van der Waals surface area contributed by atoms with E-state index in [-0.39, 0.29) is 6.04 Å². The van der Waals surface area contributed by atoms with Crippen LogP contribution in [0.25, 0.3) is 0 Å². The van der Waals surface area contributed by atoms with E-state index in [4.69, 9.17) is 23.2 Å². The van der Waals surface area contributed by atoms with Gasteiger partial charge in [-0.05, 0) is 31.4 Å². The van der Waals surface area contributed by atoms with Gasteiger partial charge in [-0.25, -0.2) is 0 Å². The van der Waals surface area contributed by atoms with E-state index >= 15 is 0 Å². The van der Waals surface area contributed by atoms with Crippen molar-refractivity contribution in [2.75, 3.05) is 11.5 Å². The molecule has 1 atom stereocenters. The minimum atomic E-state index is -0.606. The Labute approximate surface area is 118 Å². The summed E-state index contributed by atoms with van der Waals surface area (Å²) in [7, 11) is -0.606. The first-order chi connectivity index (χ1) is 8.06. The molecule has 1 N–H and O–H groups in total. The maximum atomic E-state index is 11.3. The fraction of sp³-hybridized carbons (Fsp3) is 0.636. The predicted molar refractivity (Wildman–Crippen MR) is 76.8 cm³/mol. The topological polar surface area (TPSA) is 29.1 Å². The van der Waals surface area contributed by atoms with Crippen molar-refractivity contribution >= 4 is 45.3 Å². The van der Waals surface area contributed by atoms with Gasteiger partial charge in [0.05, 0.1) is 8.67 Å². The largest absolute Gasteiger partial charge is 0.307 e. The quantitative estimate of drug-likeness (QED) is 0.923. The smallest absolute Gasteiger partial charge is 0.0991 e. The highest BCUT2D eigenvalue weighted by molar-refractivity contribution is 7.85. The second-order valence-corrected chi connectivity index (χ2v) is 8.27. The third-order valence-corrected chi connectivity index (χ3v) is 5.92. The summed E-state index contributed by atoms with van der Waals surface area (Å²) in [6.45, 7) is 2.09. The molecule has 1 aromatic heterocycles. The van der Waals surface area contributed by atoms with E-state index in [1.54, 1.807) is 0 Å². The predicted octanol–water partition coefficient (Wildman–Crippen LogP) is 3.62. The number of hydrogen-bond donors (Lipinski definition) is 1. The van der Waals surface area contributed by atoms with E-state index in [1.807, 2.05) is 6.07 Å². The van der Waals surface area contributed by atoms with Crippen LogP contribution in [0.5, 0.6) is 0 Å². The van der Waals surface area contributed by atoms with Gasteiger partial charge in [-0.3, -0.25) is 4.21 Å². The summed E-state index contributed by atoms with van der Waals surface area (Å²) in [5, 5.41) is 3.54. The minimum absolute atomic E-state index is 0.197. The van der Waals surface area contributed by atoms with E-state index in [0.717, 1.165) is 38.6 Å². The third kappa shape index (κ3) is 3.67. The second kappa shape index (κ2) is 6.02. The number of thiophene rings is 1. The molecule has 0 saturated carbocycles. The average molecular weight is 312 g/mol. The van der Waals surface area contributed by atoms with Crippen molar-refractivity contribution in [3.05, 3.63) is 20.3 Å². The zero-order valence-electron chi connectivity index (χ0n) is 9.54. The fourth-order valence-electron chi connectivity index (χ4n) is 2.05. The summed E-state index contributed by atoms with van der Waals surface area (Å²) in [6.07, 6.45) is 1.96. The van der Waals surface area contributed by atoms with E-state index < -0.39 is 10.8 Å². The van der Waals surface area contributed by atoms with Crippen molar-refractivity contribution in [2.24, 2.45) is 0 Å². The van der Waals surface area contributed by atoms with Gasteiger partial charge in [0.15, 0.2) is 0 Å². The van der Waals surface area contributed by atoms with Gasteiger partial charge in [-0.1, -0.05) is 23.2 Å². The van der Waals surface area contributed by atoms with Crippen molar-refractivity contribution in [1.29, 1.82) is 0 Å². The van der Waals surface area contributed by atoms with E-state index in [2.05, 4.69) is 12.2 Å². The average Bonchev–Trinajstić information content (AvgIpc) is 2.61. The SMILES string of the molecule is CC(NC1CCS(=O)CC1)c1cc(Cl)sc1Cl. The Bertz CT molecular complexity index is 412. The molecule has 1 saturated heterocycles. The molecule has 1 aromatic rings. The van der Waals surface area contributed by atoms with Crippen LogP contribution >= 0.6 is 34.5 Å². The lowest BCUT2D eigenvalue weighted by Gasteiger charge is -2.26. The number of nitrogens with one attached hydrogen (secondary N) is 1. The van der Waals surface area contributed by atoms with Crippen LogP contribution in [0.3, 0.4) is 0 Å².